The van der Waals surface area contributed by atoms with Crippen molar-refractivity contribution in [2.24, 2.45) is 11.3 Å². The second-order valence-corrected chi connectivity index (χ2v) is 6.98. The Labute approximate surface area is 111 Å². The summed E-state index contributed by atoms with van der Waals surface area (Å²) in [7, 11) is 0. The third-order valence-electron chi connectivity index (χ3n) is 4.62. The fourth-order valence-corrected chi connectivity index (χ4v) is 3.16. The number of rotatable bonds is 1. The molecule has 0 spiro atoms. The molecule has 2 unspecified atom stereocenters. The minimum Gasteiger partial charge on any atom is -0.341 e. The molecule has 0 aromatic rings. The molecule has 2 rings (SSSR count). The van der Waals surface area contributed by atoms with E-state index in [9.17, 15) is 4.79 Å². The first-order chi connectivity index (χ1) is 8.48. The molecule has 2 aliphatic rings. The second kappa shape index (κ2) is 5.60. The van der Waals surface area contributed by atoms with Crippen LogP contribution in [-0.2, 0) is 4.79 Å². The molecule has 18 heavy (non-hydrogen) atoms. The van der Waals surface area contributed by atoms with Crippen LogP contribution in [0, 0.1) is 11.3 Å². The number of amides is 1. The van der Waals surface area contributed by atoms with Crippen molar-refractivity contribution in [1.82, 2.24) is 10.2 Å². The van der Waals surface area contributed by atoms with Crippen molar-refractivity contribution >= 4 is 5.91 Å². The third-order valence-corrected chi connectivity index (χ3v) is 4.62. The van der Waals surface area contributed by atoms with Crippen molar-refractivity contribution in [2.75, 3.05) is 19.6 Å². The molecule has 0 aromatic heterocycles. The highest BCUT2D eigenvalue weighted by Gasteiger charge is 2.31. The Hall–Kier alpha value is -0.570. The van der Waals surface area contributed by atoms with Gasteiger partial charge in [0, 0.05) is 13.1 Å². The standard InChI is InChI=1S/C15H28N2O/c1-12-5-8-16-13(11-12)14(18)17-9-4-6-15(2,3)7-10-17/h12-13,16H,4-11H2,1-3H3. The highest BCUT2D eigenvalue weighted by Crippen LogP contribution is 2.30. The zero-order valence-corrected chi connectivity index (χ0v) is 12.2. The lowest BCUT2D eigenvalue weighted by molar-refractivity contribution is -0.134. The summed E-state index contributed by atoms with van der Waals surface area (Å²) in [6, 6.07) is 0.0787. The minimum atomic E-state index is 0.0787. The van der Waals surface area contributed by atoms with Crippen molar-refractivity contribution in [2.45, 2.75) is 58.9 Å². The van der Waals surface area contributed by atoms with Crippen molar-refractivity contribution in [3.05, 3.63) is 0 Å². The SMILES string of the molecule is CC1CCNC(C(=O)N2CCCC(C)(C)CC2)C1. The molecule has 0 saturated carbocycles. The molecule has 2 aliphatic heterocycles. The Kier molecular flexibility index (Phi) is 4.31. The first-order valence-corrected chi connectivity index (χ1v) is 7.50. The highest BCUT2D eigenvalue weighted by atomic mass is 16.2. The first kappa shape index (κ1) is 13.9. The van der Waals surface area contributed by atoms with E-state index < -0.39 is 0 Å². The largest absolute Gasteiger partial charge is 0.341 e. The molecule has 104 valence electrons. The molecular formula is C15H28N2O. The quantitative estimate of drug-likeness (QED) is 0.777. The normalized spacial score (nSPS) is 32.9. The molecule has 2 heterocycles. The van der Waals surface area contributed by atoms with E-state index in [2.05, 4.69) is 31.0 Å². The fourth-order valence-electron chi connectivity index (χ4n) is 3.16. The summed E-state index contributed by atoms with van der Waals surface area (Å²) in [5.74, 6) is 1.03. The lowest BCUT2D eigenvalue weighted by atomic mass is 9.85. The number of carbonyl (C=O) groups is 1. The van der Waals surface area contributed by atoms with E-state index in [-0.39, 0.29) is 6.04 Å². The fraction of sp³-hybridized carbons (Fsp3) is 0.933. The summed E-state index contributed by atoms with van der Waals surface area (Å²) < 4.78 is 0. The molecule has 2 fully saturated rings. The second-order valence-electron chi connectivity index (χ2n) is 6.98. The van der Waals surface area contributed by atoms with Gasteiger partial charge in [-0.1, -0.05) is 20.8 Å². The molecule has 3 heteroatoms. The van der Waals surface area contributed by atoms with Crippen LogP contribution in [0.15, 0.2) is 0 Å². The molecular weight excluding hydrogens is 224 g/mol. The lowest BCUT2D eigenvalue weighted by Crippen LogP contribution is -2.50. The van der Waals surface area contributed by atoms with E-state index in [4.69, 9.17) is 0 Å². The Bertz CT molecular complexity index is 301. The maximum atomic E-state index is 12.5. The number of hydrogen-bond donors (Lipinski definition) is 1. The first-order valence-electron chi connectivity index (χ1n) is 7.50. The summed E-state index contributed by atoms with van der Waals surface area (Å²) >= 11 is 0. The summed E-state index contributed by atoms with van der Waals surface area (Å²) in [6.45, 7) is 9.79. The number of hydrogen-bond acceptors (Lipinski definition) is 2. The molecule has 1 amide bonds. The Morgan fingerprint density at radius 2 is 2.06 bits per heavy atom. The lowest BCUT2D eigenvalue weighted by Gasteiger charge is -2.32. The van der Waals surface area contributed by atoms with Crippen LogP contribution in [0.1, 0.15) is 52.9 Å². The van der Waals surface area contributed by atoms with Gasteiger partial charge in [0.1, 0.15) is 0 Å². The van der Waals surface area contributed by atoms with Gasteiger partial charge in [-0.25, -0.2) is 0 Å². The van der Waals surface area contributed by atoms with Crippen LogP contribution in [-0.4, -0.2) is 36.5 Å². The molecule has 0 aromatic carbocycles. The predicted octanol–water partition coefficient (Wildman–Crippen LogP) is 2.41. The van der Waals surface area contributed by atoms with E-state index in [1.807, 2.05) is 0 Å². The molecule has 3 nitrogen and oxygen atoms in total. The summed E-state index contributed by atoms with van der Waals surface area (Å²) in [5, 5.41) is 3.40. The minimum absolute atomic E-state index is 0.0787. The van der Waals surface area contributed by atoms with E-state index in [0.29, 0.717) is 17.2 Å². The van der Waals surface area contributed by atoms with Crippen LogP contribution in [0.25, 0.3) is 0 Å². The highest BCUT2D eigenvalue weighted by molar-refractivity contribution is 5.82. The molecule has 2 atom stereocenters. The van der Waals surface area contributed by atoms with Crippen molar-refractivity contribution in [1.29, 1.82) is 0 Å². The van der Waals surface area contributed by atoms with Crippen LogP contribution in [0.2, 0.25) is 0 Å². The van der Waals surface area contributed by atoms with Crippen LogP contribution in [0.5, 0.6) is 0 Å². The van der Waals surface area contributed by atoms with Gasteiger partial charge < -0.3 is 10.2 Å². The summed E-state index contributed by atoms with van der Waals surface area (Å²) in [5.41, 5.74) is 0.405. The number of nitrogens with zero attached hydrogens (tertiary/aromatic N) is 1. The van der Waals surface area contributed by atoms with E-state index >= 15 is 0 Å². The average molecular weight is 252 g/mol. The van der Waals surface area contributed by atoms with E-state index in [1.54, 1.807) is 0 Å². The van der Waals surface area contributed by atoms with Gasteiger partial charge in [0.05, 0.1) is 6.04 Å². The maximum Gasteiger partial charge on any atom is 0.239 e. The number of piperidine rings is 1. The van der Waals surface area contributed by atoms with Crippen LogP contribution in [0.3, 0.4) is 0 Å². The zero-order chi connectivity index (χ0) is 13.2. The summed E-state index contributed by atoms with van der Waals surface area (Å²) in [6.07, 6.45) is 5.75. The van der Waals surface area contributed by atoms with Crippen molar-refractivity contribution < 1.29 is 4.79 Å². The number of carbonyl (C=O) groups excluding carboxylic acids is 1. The van der Waals surface area contributed by atoms with Crippen LogP contribution >= 0.6 is 0 Å². The maximum absolute atomic E-state index is 12.5. The van der Waals surface area contributed by atoms with Gasteiger partial charge >= 0.3 is 0 Å². The monoisotopic (exact) mass is 252 g/mol. The zero-order valence-electron chi connectivity index (χ0n) is 12.2. The summed E-state index contributed by atoms with van der Waals surface area (Å²) in [4.78, 5) is 14.6. The molecule has 0 aliphatic carbocycles. The molecule has 2 saturated heterocycles. The van der Waals surface area contributed by atoms with Gasteiger partial charge in [-0.15, -0.1) is 0 Å². The van der Waals surface area contributed by atoms with Crippen molar-refractivity contribution in [3.8, 4) is 0 Å². The van der Waals surface area contributed by atoms with Gasteiger partial charge in [0.2, 0.25) is 5.91 Å². The van der Waals surface area contributed by atoms with Gasteiger partial charge in [0.25, 0.3) is 0 Å². The topological polar surface area (TPSA) is 32.3 Å². The number of nitrogens with one attached hydrogen (secondary N) is 1. The van der Waals surface area contributed by atoms with Crippen LogP contribution in [0.4, 0.5) is 0 Å². The van der Waals surface area contributed by atoms with Crippen molar-refractivity contribution in [3.63, 3.8) is 0 Å². The Morgan fingerprint density at radius 3 is 2.78 bits per heavy atom. The molecule has 1 N–H and O–H groups in total. The predicted molar refractivity (Wildman–Crippen MR) is 74.4 cm³/mol. The van der Waals surface area contributed by atoms with Gasteiger partial charge in [-0.05, 0) is 50.0 Å². The van der Waals surface area contributed by atoms with Gasteiger partial charge in [-0.2, -0.15) is 0 Å². The third kappa shape index (κ3) is 3.47. The van der Waals surface area contributed by atoms with Gasteiger partial charge in [0.15, 0.2) is 0 Å². The number of likely N-dealkylation sites (tertiary alicyclic amines) is 1. The van der Waals surface area contributed by atoms with Gasteiger partial charge in [-0.3, -0.25) is 4.79 Å². The Balaban J connectivity index is 1.92. The van der Waals surface area contributed by atoms with Crippen LogP contribution < -0.4 is 5.32 Å². The van der Waals surface area contributed by atoms with E-state index in [0.717, 1.165) is 38.9 Å². The molecule has 0 radical (unpaired) electrons. The van der Waals surface area contributed by atoms with E-state index in [1.165, 1.54) is 12.8 Å². The Morgan fingerprint density at radius 1 is 1.28 bits per heavy atom. The molecule has 0 bridgehead atoms. The average Bonchev–Trinajstić information content (AvgIpc) is 2.49. The smallest absolute Gasteiger partial charge is 0.239 e.